The van der Waals surface area contributed by atoms with Gasteiger partial charge in [0.15, 0.2) is 0 Å². The number of unbranched alkanes of at least 4 members (excludes halogenated alkanes) is 1. The maximum atomic E-state index is 11.0. The predicted molar refractivity (Wildman–Crippen MR) is 68.1 cm³/mol. The van der Waals surface area contributed by atoms with Crippen LogP contribution in [0.25, 0.3) is 6.08 Å². The molecule has 0 radical (unpaired) electrons. The highest BCUT2D eigenvalue weighted by Gasteiger charge is 2.06. The molecule has 0 fully saturated rings. The lowest BCUT2D eigenvalue weighted by atomic mass is 10.1. The third-order valence-corrected chi connectivity index (χ3v) is 2.53. The molecule has 0 aliphatic heterocycles. The first-order valence-electron chi connectivity index (χ1n) is 5.75. The number of methoxy groups -OCH3 is 1. The molecular formula is C14H18O3. The summed E-state index contributed by atoms with van der Waals surface area (Å²) in [5.74, 6) is -0.0677. The largest absolute Gasteiger partial charge is 0.497 e. The minimum absolute atomic E-state index is 0.456. The summed E-state index contributed by atoms with van der Waals surface area (Å²) in [6.45, 7) is 2.05. The zero-order valence-corrected chi connectivity index (χ0v) is 10.3. The van der Waals surface area contributed by atoms with Gasteiger partial charge in [-0.2, -0.15) is 0 Å². The Kier molecular flexibility index (Phi) is 5.27. The molecule has 1 aromatic carbocycles. The average molecular weight is 234 g/mol. The van der Waals surface area contributed by atoms with E-state index in [4.69, 9.17) is 9.84 Å². The molecule has 1 rings (SSSR count). The SMILES string of the molecule is CCCCC(=Cc1ccc(OC)cc1)C(=O)O. The topological polar surface area (TPSA) is 46.5 Å². The van der Waals surface area contributed by atoms with Gasteiger partial charge in [0.05, 0.1) is 7.11 Å². The number of carbonyl (C=O) groups is 1. The normalized spacial score (nSPS) is 11.3. The van der Waals surface area contributed by atoms with Crippen molar-refractivity contribution in [3.63, 3.8) is 0 Å². The van der Waals surface area contributed by atoms with Gasteiger partial charge in [-0.3, -0.25) is 0 Å². The van der Waals surface area contributed by atoms with Gasteiger partial charge in [0, 0.05) is 5.57 Å². The van der Waals surface area contributed by atoms with E-state index in [1.54, 1.807) is 13.2 Å². The number of carboxylic acid groups (broad SMARTS) is 1. The number of carboxylic acids is 1. The summed E-state index contributed by atoms with van der Waals surface area (Å²) < 4.78 is 5.05. The highest BCUT2D eigenvalue weighted by atomic mass is 16.5. The fourth-order valence-electron chi connectivity index (χ4n) is 1.51. The van der Waals surface area contributed by atoms with Crippen molar-refractivity contribution in [3.05, 3.63) is 35.4 Å². The Labute approximate surface area is 102 Å². The van der Waals surface area contributed by atoms with Crippen LogP contribution in [0.3, 0.4) is 0 Å². The standard InChI is InChI=1S/C14H18O3/c1-3-4-5-12(14(15)16)10-11-6-8-13(17-2)9-7-11/h6-10H,3-5H2,1-2H3,(H,15,16). The molecule has 0 amide bonds. The molecule has 92 valence electrons. The molecule has 1 aromatic rings. The van der Waals surface area contributed by atoms with Gasteiger partial charge < -0.3 is 9.84 Å². The van der Waals surface area contributed by atoms with Crippen molar-refractivity contribution >= 4 is 12.0 Å². The van der Waals surface area contributed by atoms with Crippen molar-refractivity contribution in [3.8, 4) is 5.75 Å². The van der Waals surface area contributed by atoms with Gasteiger partial charge in [0.25, 0.3) is 0 Å². The summed E-state index contributed by atoms with van der Waals surface area (Å²) in [6, 6.07) is 7.36. The maximum Gasteiger partial charge on any atom is 0.331 e. The molecule has 0 atom stereocenters. The van der Waals surface area contributed by atoms with Crippen LogP contribution in [0.15, 0.2) is 29.8 Å². The molecule has 0 saturated carbocycles. The molecule has 0 bridgehead atoms. The lowest BCUT2D eigenvalue weighted by Crippen LogP contribution is -2.00. The molecule has 0 spiro atoms. The number of ether oxygens (including phenoxy) is 1. The Balaban J connectivity index is 2.84. The van der Waals surface area contributed by atoms with Crippen LogP contribution in [-0.4, -0.2) is 18.2 Å². The smallest absolute Gasteiger partial charge is 0.331 e. The summed E-state index contributed by atoms with van der Waals surface area (Å²) in [6.07, 6.45) is 4.22. The Hall–Kier alpha value is -1.77. The molecular weight excluding hydrogens is 216 g/mol. The second kappa shape index (κ2) is 6.74. The number of benzene rings is 1. The van der Waals surface area contributed by atoms with Crippen molar-refractivity contribution < 1.29 is 14.6 Å². The van der Waals surface area contributed by atoms with E-state index >= 15 is 0 Å². The second-order valence-electron chi connectivity index (χ2n) is 3.85. The van der Waals surface area contributed by atoms with E-state index in [1.165, 1.54) is 0 Å². The van der Waals surface area contributed by atoms with Gasteiger partial charge in [-0.15, -0.1) is 0 Å². The fourth-order valence-corrected chi connectivity index (χ4v) is 1.51. The highest BCUT2D eigenvalue weighted by molar-refractivity contribution is 5.92. The highest BCUT2D eigenvalue weighted by Crippen LogP contribution is 2.16. The quantitative estimate of drug-likeness (QED) is 0.768. The van der Waals surface area contributed by atoms with Gasteiger partial charge in [0.1, 0.15) is 5.75 Å². The minimum Gasteiger partial charge on any atom is -0.497 e. The van der Waals surface area contributed by atoms with Crippen LogP contribution in [0, 0.1) is 0 Å². The van der Waals surface area contributed by atoms with Crippen LogP contribution < -0.4 is 4.74 Å². The van der Waals surface area contributed by atoms with E-state index in [9.17, 15) is 4.79 Å². The lowest BCUT2D eigenvalue weighted by Gasteiger charge is -2.03. The van der Waals surface area contributed by atoms with Gasteiger partial charge in [0.2, 0.25) is 0 Å². The Morgan fingerprint density at radius 3 is 2.47 bits per heavy atom. The lowest BCUT2D eigenvalue weighted by molar-refractivity contribution is -0.132. The summed E-state index contributed by atoms with van der Waals surface area (Å²) in [5, 5.41) is 9.07. The first-order valence-corrected chi connectivity index (χ1v) is 5.75. The Morgan fingerprint density at radius 2 is 2.00 bits per heavy atom. The number of aliphatic carboxylic acids is 1. The van der Waals surface area contributed by atoms with E-state index < -0.39 is 5.97 Å². The summed E-state index contributed by atoms with van der Waals surface area (Å²) in [4.78, 5) is 11.0. The van der Waals surface area contributed by atoms with Crippen LogP contribution in [0.2, 0.25) is 0 Å². The third kappa shape index (κ3) is 4.31. The molecule has 0 saturated heterocycles. The fraction of sp³-hybridized carbons (Fsp3) is 0.357. The van der Waals surface area contributed by atoms with Crippen molar-refractivity contribution in [2.24, 2.45) is 0 Å². The summed E-state index contributed by atoms with van der Waals surface area (Å²) >= 11 is 0. The van der Waals surface area contributed by atoms with Crippen molar-refractivity contribution in [1.82, 2.24) is 0 Å². The van der Waals surface area contributed by atoms with Crippen LogP contribution in [0.4, 0.5) is 0 Å². The van der Waals surface area contributed by atoms with Crippen LogP contribution in [-0.2, 0) is 4.79 Å². The maximum absolute atomic E-state index is 11.0. The summed E-state index contributed by atoms with van der Waals surface area (Å²) in [7, 11) is 1.61. The van der Waals surface area contributed by atoms with Crippen molar-refractivity contribution in [2.45, 2.75) is 26.2 Å². The van der Waals surface area contributed by atoms with E-state index in [1.807, 2.05) is 31.2 Å². The van der Waals surface area contributed by atoms with Gasteiger partial charge in [-0.05, 0) is 36.6 Å². The van der Waals surface area contributed by atoms with Gasteiger partial charge in [-0.25, -0.2) is 4.79 Å². The van der Waals surface area contributed by atoms with Crippen LogP contribution in [0.1, 0.15) is 31.7 Å². The molecule has 17 heavy (non-hydrogen) atoms. The van der Waals surface area contributed by atoms with Crippen LogP contribution in [0.5, 0.6) is 5.75 Å². The zero-order valence-electron chi connectivity index (χ0n) is 10.3. The number of hydrogen-bond donors (Lipinski definition) is 1. The molecule has 1 N–H and O–H groups in total. The van der Waals surface area contributed by atoms with Crippen molar-refractivity contribution in [2.75, 3.05) is 7.11 Å². The Bertz CT molecular complexity index is 390. The third-order valence-electron chi connectivity index (χ3n) is 2.53. The zero-order chi connectivity index (χ0) is 12.7. The molecule has 0 unspecified atom stereocenters. The van der Waals surface area contributed by atoms with E-state index in [0.717, 1.165) is 24.2 Å². The molecule has 0 aliphatic rings. The van der Waals surface area contributed by atoms with E-state index in [0.29, 0.717) is 12.0 Å². The van der Waals surface area contributed by atoms with E-state index in [-0.39, 0.29) is 0 Å². The first kappa shape index (κ1) is 13.3. The Morgan fingerprint density at radius 1 is 1.35 bits per heavy atom. The predicted octanol–water partition coefficient (Wildman–Crippen LogP) is 3.35. The second-order valence-corrected chi connectivity index (χ2v) is 3.85. The van der Waals surface area contributed by atoms with E-state index in [2.05, 4.69) is 0 Å². The first-order chi connectivity index (χ1) is 8.17. The molecule has 0 aromatic heterocycles. The monoisotopic (exact) mass is 234 g/mol. The van der Waals surface area contributed by atoms with Crippen molar-refractivity contribution in [1.29, 1.82) is 0 Å². The number of hydrogen-bond acceptors (Lipinski definition) is 2. The average Bonchev–Trinajstić information content (AvgIpc) is 2.35. The molecule has 3 nitrogen and oxygen atoms in total. The minimum atomic E-state index is -0.839. The van der Waals surface area contributed by atoms with Gasteiger partial charge in [-0.1, -0.05) is 25.5 Å². The van der Waals surface area contributed by atoms with Crippen LogP contribution >= 0.6 is 0 Å². The molecule has 3 heteroatoms. The number of rotatable bonds is 6. The molecule has 0 aliphatic carbocycles. The van der Waals surface area contributed by atoms with Gasteiger partial charge >= 0.3 is 5.97 Å². The molecule has 0 heterocycles. The summed E-state index contributed by atoms with van der Waals surface area (Å²) in [5.41, 5.74) is 1.34.